The second kappa shape index (κ2) is 7.05. The standard InChI is InChI=1S/C17H22N2/c1-3-9-18-13-15-7-8-16(14(2)11-15)12-17-6-4-5-10-19-17/h4-8,10-11,18H,3,9,12-13H2,1-2H3. The van der Waals surface area contributed by atoms with Crippen molar-refractivity contribution < 1.29 is 0 Å². The second-order valence-corrected chi connectivity index (χ2v) is 4.94. The largest absolute Gasteiger partial charge is 0.313 e. The van der Waals surface area contributed by atoms with Gasteiger partial charge in [0.15, 0.2) is 0 Å². The molecule has 2 heteroatoms. The maximum absolute atomic E-state index is 4.39. The maximum atomic E-state index is 4.39. The van der Waals surface area contributed by atoms with Gasteiger partial charge < -0.3 is 5.32 Å². The summed E-state index contributed by atoms with van der Waals surface area (Å²) in [6.45, 7) is 6.41. The molecule has 0 aliphatic rings. The maximum Gasteiger partial charge on any atom is 0.0447 e. The van der Waals surface area contributed by atoms with Crippen LogP contribution < -0.4 is 5.32 Å². The molecule has 0 unspecified atom stereocenters. The van der Waals surface area contributed by atoms with Gasteiger partial charge in [-0.05, 0) is 48.7 Å². The predicted molar refractivity (Wildman–Crippen MR) is 80.2 cm³/mol. The van der Waals surface area contributed by atoms with Crippen molar-refractivity contribution in [1.82, 2.24) is 10.3 Å². The fraction of sp³-hybridized carbons (Fsp3) is 0.353. The Morgan fingerprint density at radius 2 is 2.05 bits per heavy atom. The van der Waals surface area contributed by atoms with Crippen LogP contribution in [0.25, 0.3) is 0 Å². The minimum absolute atomic E-state index is 0.912. The summed E-state index contributed by atoms with van der Waals surface area (Å²) in [5.41, 5.74) is 5.19. The number of hydrogen-bond donors (Lipinski definition) is 1. The molecule has 1 aromatic carbocycles. The van der Waals surface area contributed by atoms with E-state index in [0.29, 0.717) is 0 Å². The Bertz CT molecular complexity index is 506. The second-order valence-electron chi connectivity index (χ2n) is 4.94. The number of aromatic nitrogens is 1. The first-order valence-corrected chi connectivity index (χ1v) is 6.98. The molecule has 0 bridgehead atoms. The molecule has 0 aliphatic carbocycles. The molecule has 2 aromatic rings. The van der Waals surface area contributed by atoms with Crippen LogP contribution in [-0.4, -0.2) is 11.5 Å². The Balaban J connectivity index is 2.03. The van der Waals surface area contributed by atoms with E-state index in [-0.39, 0.29) is 0 Å². The van der Waals surface area contributed by atoms with Crippen LogP contribution in [-0.2, 0) is 13.0 Å². The van der Waals surface area contributed by atoms with Crippen LogP contribution in [0.4, 0.5) is 0 Å². The van der Waals surface area contributed by atoms with Crippen molar-refractivity contribution in [2.75, 3.05) is 6.54 Å². The van der Waals surface area contributed by atoms with Crippen LogP contribution >= 0.6 is 0 Å². The van der Waals surface area contributed by atoms with Crippen molar-refractivity contribution >= 4 is 0 Å². The van der Waals surface area contributed by atoms with Gasteiger partial charge in [0.25, 0.3) is 0 Å². The molecular formula is C17H22N2. The van der Waals surface area contributed by atoms with Gasteiger partial charge in [-0.25, -0.2) is 0 Å². The molecule has 2 nitrogen and oxygen atoms in total. The lowest BCUT2D eigenvalue weighted by molar-refractivity contribution is 0.675. The fourth-order valence-electron chi connectivity index (χ4n) is 2.17. The quantitative estimate of drug-likeness (QED) is 0.798. The van der Waals surface area contributed by atoms with Crippen molar-refractivity contribution in [2.45, 2.75) is 33.2 Å². The highest BCUT2D eigenvalue weighted by atomic mass is 14.8. The number of benzene rings is 1. The summed E-state index contributed by atoms with van der Waals surface area (Å²) in [5.74, 6) is 0. The van der Waals surface area contributed by atoms with Gasteiger partial charge in [0.05, 0.1) is 0 Å². The molecule has 0 saturated carbocycles. The zero-order chi connectivity index (χ0) is 13.5. The number of rotatable bonds is 6. The molecule has 1 heterocycles. The monoisotopic (exact) mass is 254 g/mol. The van der Waals surface area contributed by atoms with Crippen LogP contribution in [0.15, 0.2) is 42.6 Å². The molecule has 19 heavy (non-hydrogen) atoms. The molecule has 0 fully saturated rings. The van der Waals surface area contributed by atoms with E-state index in [1.807, 2.05) is 18.3 Å². The third-order valence-corrected chi connectivity index (χ3v) is 3.26. The third-order valence-electron chi connectivity index (χ3n) is 3.26. The van der Waals surface area contributed by atoms with Crippen molar-refractivity contribution in [3.8, 4) is 0 Å². The summed E-state index contributed by atoms with van der Waals surface area (Å²) >= 11 is 0. The topological polar surface area (TPSA) is 24.9 Å². The van der Waals surface area contributed by atoms with Crippen molar-refractivity contribution in [3.63, 3.8) is 0 Å². The summed E-state index contributed by atoms with van der Waals surface area (Å²) in [6.07, 6.45) is 3.94. The van der Waals surface area contributed by atoms with E-state index in [2.05, 4.69) is 48.4 Å². The lowest BCUT2D eigenvalue weighted by Gasteiger charge is -2.09. The molecular weight excluding hydrogens is 232 g/mol. The Morgan fingerprint density at radius 1 is 1.16 bits per heavy atom. The van der Waals surface area contributed by atoms with Crippen molar-refractivity contribution in [3.05, 3.63) is 65.0 Å². The van der Waals surface area contributed by atoms with Gasteiger partial charge in [0, 0.05) is 24.9 Å². The Labute approximate surface area is 115 Å². The lowest BCUT2D eigenvalue weighted by atomic mass is 10.0. The van der Waals surface area contributed by atoms with Crippen LogP contribution in [0.2, 0.25) is 0 Å². The first-order valence-electron chi connectivity index (χ1n) is 6.98. The molecule has 0 radical (unpaired) electrons. The van der Waals surface area contributed by atoms with E-state index in [1.165, 1.54) is 23.1 Å². The first-order chi connectivity index (χ1) is 9.29. The molecule has 0 atom stereocenters. The van der Waals surface area contributed by atoms with Gasteiger partial charge >= 0.3 is 0 Å². The van der Waals surface area contributed by atoms with Crippen molar-refractivity contribution in [2.24, 2.45) is 0 Å². The molecule has 0 amide bonds. The first kappa shape index (κ1) is 13.8. The zero-order valence-corrected chi connectivity index (χ0v) is 11.8. The van der Waals surface area contributed by atoms with Crippen LogP contribution in [0.5, 0.6) is 0 Å². The van der Waals surface area contributed by atoms with Gasteiger partial charge in [-0.2, -0.15) is 0 Å². The Kier molecular flexibility index (Phi) is 5.10. The average molecular weight is 254 g/mol. The van der Waals surface area contributed by atoms with E-state index in [4.69, 9.17) is 0 Å². The SMILES string of the molecule is CCCNCc1ccc(Cc2ccccn2)c(C)c1. The fourth-order valence-corrected chi connectivity index (χ4v) is 2.17. The van der Waals surface area contributed by atoms with Gasteiger partial charge in [-0.1, -0.05) is 31.2 Å². The summed E-state index contributed by atoms with van der Waals surface area (Å²) in [5, 5.41) is 3.44. The summed E-state index contributed by atoms with van der Waals surface area (Å²) < 4.78 is 0. The van der Waals surface area contributed by atoms with Crippen LogP contribution in [0, 0.1) is 6.92 Å². The van der Waals surface area contributed by atoms with E-state index < -0.39 is 0 Å². The Morgan fingerprint density at radius 3 is 2.74 bits per heavy atom. The molecule has 0 saturated heterocycles. The minimum atomic E-state index is 0.912. The van der Waals surface area contributed by atoms with Crippen LogP contribution in [0.1, 0.15) is 35.7 Å². The highest BCUT2D eigenvalue weighted by Crippen LogP contribution is 2.14. The van der Waals surface area contributed by atoms with Gasteiger partial charge in [0.1, 0.15) is 0 Å². The number of nitrogens with zero attached hydrogens (tertiary/aromatic N) is 1. The normalized spacial score (nSPS) is 10.6. The molecule has 1 N–H and O–H groups in total. The van der Waals surface area contributed by atoms with Crippen LogP contribution in [0.3, 0.4) is 0 Å². The van der Waals surface area contributed by atoms with Crippen molar-refractivity contribution in [1.29, 1.82) is 0 Å². The van der Waals surface area contributed by atoms with Gasteiger partial charge in [0.2, 0.25) is 0 Å². The summed E-state index contributed by atoms with van der Waals surface area (Å²) in [4.78, 5) is 4.39. The van der Waals surface area contributed by atoms with Gasteiger partial charge in [-0.15, -0.1) is 0 Å². The number of pyridine rings is 1. The zero-order valence-electron chi connectivity index (χ0n) is 11.8. The van der Waals surface area contributed by atoms with E-state index in [9.17, 15) is 0 Å². The molecule has 0 aliphatic heterocycles. The summed E-state index contributed by atoms with van der Waals surface area (Å²) in [7, 11) is 0. The summed E-state index contributed by atoms with van der Waals surface area (Å²) in [6, 6.07) is 12.8. The molecule has 100 valence electrons. The number of nitrogens with one attached hydrogen (secondary N) is 1. The number of hydrogen-bond acceptors (Lipinski definition) is 2. The Hall–Kier alpha value is -1.67. The molecule has 1 aromatic heterocycles. The van der Waals surface area contributed by atoms with Gasteiger partial charge in [-0.3, -0.25) is 4.98 Å². The highest BCUT2D eigenvalue weighted by Gasteiger charge is 2.02. The molecule has 2 rings (SSSR count). The van der Waals surface area contributed by atoms with E-state index >= 15 is 0 Å². The third kappa shape index (κ3) is 4.18. The number of aryl methyl sites for hydroxylation is 1. The highest BCUT2D eigenvalue weighted by molar-refractivity contribution is 5.33. The average Bonchev–Trinajstić information content (AvgIpc) is 2.43. The molecule has 0 spiro atoms. The van der Waals surface area contributed by atoms with E-state index in [1.54, 1.807) is 0 Å². The smallest absolute Gasteiger partial charge is 0.0447 e. The lowest BCUT2D eigenvalue weighted by Crippen LogP contribution is -2.13. The van der Waals surface area contributed by atoms with E-state index in [0.717, 1.165) is 25.2 Å². The predicted octanol–water partition coefficient (Wildman–Crippen LogP) is 3.48. The minimum Gasteiger partial charge on any atom is -0.313 e.